The monoisotopic (exact) mass is 310 g/mol. The van der Waals surface area contributed by atoms with Gasteiger partial charge in [-0.2, -0.15) is 0 Å². The lowest BCUT2D eigenvalue weighted by Crippen LogP contribution is -2.66. The van der Waals surface area contributed by atoms with Crippen molar-refractivity contribution in [2.45, 2.75) is 45.7 Å². The smallest absolute Gasteiger partial charge is 0.242 e. The minimum Gasteiger partial charge on any atom is -0.381 e. The van der Waals surface area contributed by atoms with Crippen LogP contribution >= 0.6 is 0 Å². The summed E-state index contributed by atoms with van der Waals surface area (Å²) in [4.78, 5) is 20.9. The molecule has 0 aromatic heterocycles. The molecule has 0 aliphatic carbocycles. The number of carbonyl (C=O) groups excluding carboxylic acids is 1. The summed E-state index contributed by atoms with van der Waals surface area (Å²) in [5, 5.41) is 3.41. The number of piperazine rings is 1. The molecule has 1 N–H and O–H groups in total. The standard InChI is InChI=1S/C16H30N4O2/c1-12(2)20-14(21)9-19(11-16(20,3)4)15(17-5)18-8-13-6-7-22-10-13/h12-13H,6-11H2,1-5H3,(H,17,18). The van der Waals surface area contributed by atoms with Crippen molar-refractivity contribution < 1.29 is 9.53 Å². The molecule has 22 heavy (non-hydrogen) atoms. The van der Waals surface area contributed by atoms with Crippen molar-refractivity contribution in [3.05, 3.63) is 0 Å². The Bertz CT molecular complexity index is 428. The van der Waals surface area contributed by atoms with Gasteiger partial charge in [-0.15, -0.1) is 0 Å². The molecule has 0 aromatic rings. The Labute approximate surface area is 133 Å². The fourth-order valence-electron chi connectivity index (χ4n) is 3.63. The molecule has 2 aliphatic heterocycles. The van der Waals surface area contributed by atoms with Gasteiger partial charge in [0.25, 0.3) is 0 Å². The van der Waals surface area contributed by atoms with Gasteiger partial charge in [0, 0.05) is 38.7 Å². The molecule has 2 rings (SSSR count). The highest BCUT2D eigenvalue weighted by atomic mass is 16.5. The van der Waals surface area contributed by atoms with Crippen LogP contribution in [0.2, 0.25) is 0 Å². The lowest BCUT2D eigenvalue weighted by Gasteiger charge is -2.49. The Morgan fingerprint density at radius 1 is 1.50 bits per heavy atom. The maximum Gasteiger partial charge on any atom is 0.242 e. The largest absolute Gasteiger partial charge is 0.381 e. The van der Waals surface area contributed by atoms with E-state index >= 15 is 0 Å². The van der Waals surface area contributed by atoms with E-state index in [0.717, 1.165) is 38.7 Å². The summed E-state index contributed by atoms with van der Waals surface area (Å²) in [5.41, 5.74) is -0.197. The molecule has 0 aromatic carbocycles. The zero-order valence-corrected chi connectivity index (χ0v) is 14.6. The van der Waals surface area contributed by atoms with E-state index in [0.29, 0.717) is 12.5 Å². The van der Waals surface area contributed by atoms with Crippen molar-refractivity contribution in [1.29, 1.82) is 0 Å². The van der Waals surface area contributed by atoms with E-state index in [1.54, 1.807) is 7.05 Å². The summed E-state index contributed by atoms with van der Waals surface area (Å²) in [6, 6.07) is 0.218. The number of aliphatic imine (C=N–C) groups is 1. The topological polar surface area (TPSA) is 57.2 Å². The highest BCUT2D eigenvalue weighted by molar-refractivity contribution is 5.88. The highest BCUT2D eigenvalue weighted by Crippen LogP contribution is 2.24. The molecule has 0 saturated carbocycles. The van der Waals surface area contributed by atoms with Gasteiger partial charge in [-0.25, -0.2) is 0 Å². The predicted molar refractivity (Wildman–Crippen MR) is 87.9 cm³/mol. The first-order valence-corrected chi connectivity index (χ1v) is 8.20. The van der Waals surface area contributed by atoms with E-state index in [1.807, 2.05) is 4.90 Å². The van der Waals surface area contributed by atoms with Crippen molar-refractivity contribution >= 4 is 11.9 Å². The zero-order valence-electron chi connectivity index (χ0n) is 14.6. The van der Waals surface area contributed by atoms with Crippen LogP contribution in [0.1, 0.15) is 34.1 Å². The average molecular weight is 310 g/mol. The van der Waals surface area contributed by atoms with Gasteiger partial charge < -0.3 is 19.9 Å². The molecule has 0 radical (unpaired) electrons. The summed E-state index contributed by atoms with van der Waals surface area (Å²) in [6.45, 7) is 12.1. The van der Waals surface area contributed by atoms with Gasteiger partial charge in [0.1, 0.15) is 0 Å². The first-order valence-electron chi connectivity index (χ1n) is 8.20. The predicted octanol–water partition coefficient (Wildman–Crippen LogP) is 0.930. The van der Waals surface area contributed by atoms with Crippen molar-refractivity contribution in [2.75, 3.05) is 39.9 Å². The number of rotatable bonds is 3. The van der Waals surface area contributed by atoms with E-state index in [4.69, 9.17) is 4.74 Å². The van der Waals surface area contributed by atoms with Crippen LogP contribution in [0.25, 0.3) is 0 Å². The molecule has 2 saturated heterocycles. The van der Waals surface area contributed by atoms with Crippen LogP contribution in [0.5, 0.6) is 0 Å². The minimum atomic E-state index is -0.197. The summed E-state index contributed by atoms with van der Waals surface area (Å²) in [6.07, 6.45) is 1.09. The number of nitrogens with one attached hydrogen (secondary N) is 1. The summed E-state index contributed by atoms with van der Waals surface area (Å²) < 4.78 is 5.40. The molecule has 6 heteroatoms. The molecule has 0 spiro atoms. The molecule has 1 amide bonds. The van der Waals surface area contributed by atoms with E-state index < -0.39 is 0 Å². The second-order valence-corrected chi connectivity index (χ2v) is 7.18. The third kappa shape index (κ3) is 3.72. The minimum absolute atomic E-state index is 0.165. The van der Waals surface area contributed by atoms with Crippen LogP contribution in [0.3, 0.4) is 0 Å². The Balaban J connectivity index is 2.00. The third-order valence-electron chi connectivity index (χ3n) is 4.43. The van der Waals surface area contributed by atoms with Crippen molar-refractivity contribution in [3.63, 3.8) is 0 Å². The SMILES string of the molecule is CN=C(NCC1CCOC1)N1CC(=O)N(C(C)C)C(C)(C)C1. The molecular weight excluding hydrogens is 280 g/mol. The number of carbonyl (C=O) groups is 1. The lowest BCUT2D eigenvalue weighted by molar-refractivity contribution is -0.145. The fourth-order valence-corrected chi connectivity index (χ4v) is 3.63. The number of nitrogens with zero attached hydrogens (tertiary/aromatic N) is 3. The molecule has 6 nitrogen and oxygen atoms in total. The van der Waals surface area contributed by atoms with Crippen LogP contribution in [0.4, 0.5) is 0 Å². The van der Waals surface area contributed by atoms with E-state index in [1.165, 1.54) is 0 Å². The van der Waals surface area contributed by atoms with Crippen LogP contribution in [-0.2, 0) is 9.53 Å². The lowest BCUT2D eigenvalue weighted by atomic mass is 9.96. The van der Waals surface area contributed by atoms with E-state index in [-0.39, 0.29) is 17.5 Å². The zero-order chi connectivity index (χ0) is 16.3. The maximum atomic E-state index is 12.5. The second kappa shape index (κ2) is 6.86. The Morgan fingerprint density at radius 2 is 2.23 bits per heavy atom. The molecule has 1 unspecified atom stereocenters. The Hall–Kier alpha value is -1.30. The van der Waals surface area contributed by atoms with Gasteiger partial charge in [-0.05, 0) is 34.1 Å². The quantitative estimate of drug-likeness (QED) is 0.622. The molecule has 0 bridgehead atoms. The number of amides is 1. The van der Waals surface area contributed by atoms with Crippen LogP contribution in [0.15, 0.2) is 4.99 Å². The van der Waals surface area contributed by atoms with Gasteiger partial charge >= 0.3 is 0 Å². The van der Waals surface area contributed by atoms with Crippen LogP contribution < -0.4 is 5.32 Å². The fraction of sp³-hybridized carbons (Fsp3) is 0.875. The van der Waals surface area contributed by atoms with Gasteiger partial charge in [0.15, 0.2) is 5.96 Å². The van der Waals surface area contributed by atoms with Crippen molar-refractivity contribution in [2.24, 2.45) is 10.9 Å². The average Bonchev–Trinajstić information content (AvgIpc) is 2.90. The molecule has 126 valence electrons. The summed E-state index contributed by atoms with van der Waals surface area (Å²) >= 11 is 0. The first kappa shape index (κ1) is 17.1. The van der Waals surface area contributed by atoms with Crippen molar-refractivity contribution in [3.8, 4) is 0 Å². The third-order valence-corrected chi connectivity index (χ3v) is 4.43. The maximum absolute atomic E-state index is 12.5. The number of hydrogen-bond acceptors (Lipinski definition) is 3. The molecule has 2 aliphatic rings. The van der Waals surface area contributed by atoms with Gasteiger partial charge in [-0.3, -0.25) is 9.79 Å². The number of guanidine groups is 1. The molecule has 2 fully saturated rings. The first-order chi connectivity index (χ1) is 10.3. The van der Waals surface area contributed by atoms with E-state index in [9.17, 15) is 4.79 Å². The molecule has 2 heterocycles. The summed E-state index contributed by atoms with van der Waals surface area (Å²) in [7, 11) is 1.78. The highest BCUT2D eigenvalue weighted by Gasteiger charge is 2.40. The second-order valence-electron chi connectivity index (χ2n) is 7.18. The van der Waals surface area contributed by atoms with E-state index in [2.05, 4.69) is 42.9 Å². The van der Waals surface area contributed by atoms with Crippen LogP contribution in [-0.4, -0.2) is 73.1 Å². The normalized spacial score (nSPS) is 26.0. The van der Waals surface area contributed by atoms with Gasteiger partial charge in [-0.1, -0.05) is 0 Å². The summed E-state index contributed by atoms with van der Waals surface area (Å²) in [5.74, 6) is 1.52. The van der Waals surface area contributed by atoms with Crippen molar-refractivity contribution in [1.82, 2.24) is 15.1 Å². The molecule has 1 atom stereocenters. The number of hydrogen-bond donors (Lipinski definition) is 1. The molecular formula is C16H30N4O2. The van der Waals surface area contributed by atoms with Gasteiger partial charge in [0.2, 0.25) is 5.91 Å². The Kier molecular flexibility index (Phi) is 5.32. The van der Waals surface area contributed by atoms with Crippen LogP contribution in [0, 0.1) is 5.92 Å². The Morgan fingerprint density at radius 3 is 2.73 bits per heavy atom. The number of ether oxygens (including phenoxy) is 1. The van der Waals surface area contributed by atoms with Gasteiger partial charge in [0.05, 0.1) is 18.7 Å².